The van der Waals surface area contributed by atoms with Crippen molar-refractivity contribution in [1.82, 2.24) is 15.2 Å². The summed E-state index contributed by atoms with van der Waals surface area (Å²) in [5.41, 5.74) is 0.523. The maximum atomic E-state index is 12.7. The molecule has 0 spiro atoms. The van der Waals surface area contributed by atoms with Gasteiger partial charge in [-0.2, -0.15) is 0 Å². The first kappa shape index (κ1) is 16.0. The smallest absolute Gasteiger partial charge is 0.257 e. The predicted molar refractivity (Wildman–Crippen MR) is 91.4 cm³/mol. The normalized spacial score (nSPS) is 14.5. The number of rotatable bonds is 3. The summed E-state index contributed by atoms with van der Waals surface area (Å²) < 4.78 is 0.999. The molecule has 0 bridgehead atoms. The van der Waals surface area contributed by atoms with Gasteiger partial charge in [0.15, 0.2) is 0 Å². The van der Waals surface area contributed by atoms with Crippen molar-refractivity contribution in [2.75, 3.05) is 19.6 Å². The van der Waals surface area contributed by atoms with Crippen LogP contribution in [-0.4, -0.2) is 41.3 Å². The molecule has 0 atom stereocenters. The minimum Gasteiger partial charge on any atom is -0.353 e. The Labute approximate surface area is 146 Å². The molecule has 0 saturated carbocycles. The first-order valence-corrected chi connectivity index (χ1v) is 8.69. The van der Waals surface area contributed by atoms with Crippen molar-refractivity contribution in [3.8, 4) is 0 Å². The van der Waals surface area contributed by atoms with E-state index in [0.717, 1.165) is 9.37 Å². The fourth-order valence-electron chi connectivity index (χ4n) is 2.23. The summed E-state index contributed by atoms with van der Waals surface area (Å²) in [4.78, 5) is 31.1. The number of benzene rings is 1. The van der Waals surface area contributed by atoms with Gasteiger partial charge in [-0.25, -0.2) is 4.98 Å². The number of aromatic nitrogens is 1. The van der Waals surface area contributed by atoms with Crippen molar-refractivity contribution < 1.29 is 9.59 Å². The summed E-state index contributed by atoms with van der Waals surface area (Å²) in [5, 5.41) is 3.36. The molecule has 3 rings (SSSR count). The van der Waals surface area contributed by atoms with E-state index in [1.54, 1.807) is 23.2 Å². The summed E-state index contributed by atoms with van der Waals surface area (Å²) in [5.74, 6) is -0.289. The first-order chi connectivity index (χ1) is 11.1. The number of carbonyl (C=O) groups excluding carboxylic acids is 2. The fourth-order valence-corrected chi connectivity index (χ4v) is 3.37. The van der Waals surface area contributed by atoms with Crippen LogP contribution >= 0.6 is 27.7 Å². The van der Waals surface area contributed by atoms with Gasteiger partial charge in [0.25, 0.3) is 5.91 Å². The molecule has 1 saturated heterocycles. The lowest BCUT2D eigenvalue weighted by Gasteiger charge is -2.27. The minimum atomic E-state index is -0.160. The van der Waals surface area contributed by atoms with Crippen LogP contribution < -0.4 is 5.32 Å². The highest BCUT2D eigenvalue weighted by Crippen LogP contribution is 2.30. The molecule has 1 aliphatic heterocycles. The second kappa shape index (κ2) is 7.14. The number of nitrogens with one attached hydrogen (secondary N) is 1. The molecule has 118 valence electrons. The maximum Gasteiger partial charge on any atom is 0.257 e. The van der Waals surface area contributed by atoms with E-state index < -0.39 is 0 Å². The third-order valence-corrected chi connectivity index (χ3v) is 4.91. The SMILES string of the molecule is O=C1CN(C(=O)c2cccnc2Sc2ccc(Br)cc2)CCN1. The lowest BCUT2D eigenvalue weighted by atomic mass is 10.2. The molecule has 1 aromatic carbocycles. The van der Waals surface area contributed by atoms with Crippen molar-refractivity contribution in [1.29, 1.82) is 0 Å². The molecule has 1 fully saturated rings. The van der Waals surface area contributed by atoms with Gasteiger partial charge in [0.1, 0.15) is 5.03 Å². The Morgan fingerprint density at radius 2 is 2.04 bits per heavy atom. The van der Waals surface area contributed by atoms with Gasteiger partial charge in [-0.05, 0) is 36.4 Å². The Bertz CT molecular complexity index is 736. The maximum absolute atomic E-state index is 12.7. The van der Waals surface area contributed by atoms with Gasteiger partial charge < -0.3 is 10.2 Å². The average Bonchev–Trinajstić information content (AvgIpc) is 2.57. The molecule has 2 aromatic rings. The number of nitrogens with zero attached hydrogens (tertiary/aromatic N) is 2. The van der Waals surface area contributed by atoms with Gasteiger partial charge in [0, 0.05) is 28.7 Å². The molecule has 1 aromatic heterocycles. The van der Waals surface area contributed by atoms with Crippen molar-refractivity contribution >= 4 is 39.5 Å². The third kappa shape index (κ3) is 3.92. The lowest BCUT2D eigenvalue weighted by molar-refractivity contribution is -0.123. The van der Waals surface area contributed by atoms with Crippen LogP contribution in [0.5, 0.6) is 0 Å². The van der Waals surface area contributed by atoms with E-state index >= 15 is 0 Å². The Balaban J connectivity index is 1.83. The molecular weight excluding hydrogens is 378 g/mol. The Hall–Kier alpha value is -1.86. The second-order valence-electron chi connectivity index (χ2n) is 4.99. The number of halogens is 1. The van der Waals surface area contributed by atoms with Crippen molar-refractivity contribution in [2.45, 2.75) is 9.92 Å². The minimum absolute atomic E-state index is 0.0934. The molecule has 1 aliphatic rings. The lowest BCUT2D eigenvalue weighted by Crippen LogP contribution is -2.50. The average molecular weight is 392 g/mol. The van der Waals surface area contributed by atoms with Gasteiger partial charge in [-0.3, -0.25) is 9.59 Å². The van der Waals surface area contributed by atoms with Gasteiger partial charge >= 0.3 is 0 Å². The van der Waals surface area contributed by atoms with Gasteiger partial charge in [0.2, 0.25) is 5.91 Å². The van der Waals surface area contributed by atoms with E-state index in [2.05, 4.69) is 26.2 Å². The molecule has 1 N–H and O–H groups in total. The van der Waals surface area contributed by atoms with Crippen LogP contribution in [0, 0.1) is 0 Å². The molecule has 7 heteroatoms. The summed E-state index contributed by atoms with van der Waals surface area (Å²) in [6.45, 7) is 1.10. The van der Waals surface area contributed by atoms with E-state index in [9.17, 15) is 9.59 Å². The molecule has 23 heavy (non-hydrogen) atoms. The van der Waals surface area contributed by atoms with E-state index in [1.165, 1.54) is 11.8 Å². The topological polar surface area (TPSA) is 62.3 Å². The molecule has 0 unspecified atom stereocenters. The summed E-state index contributed by atoms with van der Waals surface area (Å²) in [7, 11) is 0. The highest BCUT2D eigenvalue weighted by atomic mass is 79.9. The number of pyridine rings is 1. The van der Waals surface area contributed by atoms with Gasteiger partial charge in [-0.1, -0.05) is 27.7 Å². The Morgan fingerprint density at radius 3 is 2.78 bits per heavy atom. The molecule has 2 heterocycles. The highest BCUT2D eigenvalue weighted by Gasteiger charge is 2.24. The quantitative estimate of drug-likeness (QED) is 0.872. The molecular formula is C16H14BrN3O2S. The summed E-state index contributed by atoms with van der Waals surface area (Å²) in [6, 6.07) is 11.3. The van der Waals surface area contributed by atoms with Crippen LogP contribution in [0.1, 0.15) is 10.4 Å². The first-order valence-electron chi connectivity index (χ1n) is 7.08. The fraction of sp³-hybridized carbons (Fsp3) is 0.188. The summed E-state index contributed by atoms with van der Waals surface area (Å²) in [6.07, 6.45) is 1.67. The van der Waals surface area contributed by atoms with Gasteiger partial charge in [0.05, 0.1) is 12.1 Å². The number of carbonyl (C=O) groups is 2. The van der Waals surface area contributed by atoms with Crippen LogP contribution in [0.4, 0.5) is 0 Å². The zero-order valence-corrected chi connectivity index (χ0v) is 14.6. The second-order valence-corrected chi connectivity index (χ2v) is 6.97. The van der Waals surface area contributed by atoms with E-state index in [1.807, 2.05) is 24.3 Å². The van der Waals surface area contributed by atoms with Crippen LogP contribution in [0.3, 0.4) is 0 Å². The van der Waals surface area contributed by atoms with Crippen molar-refractivity contribution in [2.24, 2.45) is 0 Å². The van der Waals surface area contributed by atoms with Crippen LogP contribution in [0.25, 0.3) is 0 Å². The number of amides is 2. The number of hydrogen-bond donors (Lipinski definition) is 1. The predicted octanol–water partition coefficient (Wildman–Crippen LogP) is 2.57. The summed E-state index contributed by atoms with van der Waals surface area (Å²) >= 11 is 4.84. The third-order valence-electron chi connectivity index (χ3n) is 3.36. The Kier molecular flexibility index (Phi) is 4.97. The highest BCUT2D eigenvalue weighted by molar-refractivity contribution is 9.10. The van der Waals surface area contributed by atoms with Crippen LogP contribution in [-0.2, 0) is 4.79 Å². The van der Waals surface area contributed by atoms with Crippen LogP contribution in [0.15, 0.2) is 57.0 Å². The van der Waals surface area contributed by atoms with E-state index in [4.69, 9.17) is 0 Å². The standard InChI is InChI=1S/C16H14BrN3O2S/c17-11-3-5-12(6-4-11)23-15-13(2-1-7-19-15)16(22)20-9-8-18-14(21)10-20/h1-7H,8-10H2,(H,18,21). The molecule has 0 radical (unpaired) electrons. The molecule has 0 aliphatic carbocycles. The monoisotopic (exact) mass is 391 g/mol. The zero-order chi connectivity index (χ0) is 16.2. The molecule has 5 nitrogen and oxygen atoms in total. The van der Waals surface area contributed by atoms with Gasteiger partial charge in [-0.15, -0.1) is 0 Å². The zero-order valence-electron chi connectivity index (χ0n) is 12.2. The van der Waals surface area contributed by atoms with E-state index in [-0.39, 0.29) is 18.4 Å². The van der Waals surface area contributed by atoms with Crippen molar-refractivity contribution in [3.63, 3.8) is 0 Å². The number of hydrogen-bond acceptors (Lipinski definition) is 4. The van der Waals surface area contributed by atoms with E-state index in [0.29, 0.717) is 23.7 Å². The van der Waals surface area contributed by atoms with Crippen molar-refractivity contribution in [3.05, 3.63) is 52.6 Å². The largest absolute Gasteiger partial charge is 0.353 e. The Morgan fingerprint density at radius 1 is 1.26 bits per heavy atom. The number of piperazine rings is 1. The molecule has 2 amide bonds. The van der Waals surface area contributed by atoms with Crippen LogP contribution in [0.2, 0.25) is 0 Å².